The molecule has 0 fully saturated rings. The number of amides is 1. The van der Waals surface area contributed by atoms with Gasteiger partial charge < -0.3 is 5.11 Å². The highest BCUT2D eigenvalue weighted by molar-refractivity contribution is 6.00. The molecule has 0 saturated carbocycles. The number of hydrogen-bond acceptors (Lipinski definition) is 4. The first-order chi connectivity index (χ1) is 10.5. The number of aromatic amines is 1. The normalized spacial score (nSPS) is 11.2. The highest BCUT2D eigenvalue weighted by Gasteiger charge is 2.12. The van der Waals surface area contributed by atoms with Gasteiger partial charge in [0.1, 0.15) is 0 Å². The fourth-order valence-corrected chi connectivity index (χ4v) is 1.74. The lowest BCUT2D eigenvalue weighted by Gasteiger charge is -2.06. The Hall–Kier alpha value is -3.16. The number of carbonyl (C=O) groups is 2. The summed E-state index contributed by atoms with van der Waals surface area (Å²) >= 11 is 0. The van der Waals surface area contributed by atoms with Crippen LogP contribution in [0.5, 0.6) is 0 Å². The lowest BCUT2D eigenvalue weighted by atomic mass is 10.1. The Balaban J connectivity index is 2.20. The summed E-state index contributed by atoms with van der Waals surface area (Å²) in [6.07, 6.45) is 1.23. The van der Waals surface area contributed by atoms with E-state index in [4.69, 9.17) is 5.11 Å². The van der Waals surface area contributed by atoms with E-state index < -0.39 is 17.6 Å². The van der Waals surface area contributed by atoms with Gasteiger partial charge in [0.25, 0.3) is 5.91 Å². The number of nitrogens with zero attached hydrogens (tertiary/aromatic N) is 2. The third kappa shape index (κ3) is 3.69. The second-order valence-electron chi connectivity index (χ2n) is 4.55. The summed E-state index contributed by atoms with van der Waals surface area (Å²) in [6, 6.07) is 9.28. The first kappa shape index (κ1) is 15.2. The lowest BCUT2D eigenvalue weighted by Crippen LogP contribution is -2.32. The number of rotatable bonds is 5. The van der Waals surface area contributed by atoms with E-state index in [1.165, 1.54) is 6.92 Å². The summed E-state index contributed by atoms with van der Waals surface area (Å²) in [7, 11) is 0. The molecule has 0 aliphatic carbocycles. The summed E-state index contributed by atoms with van der Waals surface area (Å²) in [4.78, 5) is 34.1. The van der Waals surface area contributed by atoms with Crippen LogP contribution in [0.2, 0.25) is 0 Å². The first-order valence-electron chi connectivity index (χ1n) is 6.40. The monoisotopic (exact) mass is 302 g/mol. The predicted molar refractivity (Wildman–Crippen MR) is 77.9 cm³/mol. The number of aliphatic carboxylic acids is 1. The summed E-state index contributed by atoms with van der Waals surface area (Å²) in [5, 5.41) is 14.8. The van der Waals surface area contributed by atoms with E-state index >= 15 is 0 Å². The van der Waals surface area contributed by atoms with Crippen LogP contribution < -0.4 is 11.1 Å². The van der Waals surface area contributed by atoms with Crippen molar-refractivity contribution in [2.45, 2.75) is 13.3 Å². The molecule has 1 heterocycles. The predicted octanol–water partition coefficient (Wildman–Crippen LogP) is 0.263. The van der Waals surface area contributed by atoms with Crippen LogP contribution in [0.4, 0.5) is 0 Å². The van der Waals surface area contributed by atoms with Crippen molar-refractivity contribution in [3.8, 4) is 0 Å². The molecule has 22 heavy (non-hydrogen) atoms. The second kappa shape index (κ2) is 6.53. The molecule has 0 aliphatic rings. The molecule has 0 atom stereocenters. The Bertz CT molecular complexity index is 774. The molecule has 2 aromatic rings. The second-order valence-corrected chi connectivity index (χ2v) is 4.55. The molecule has 1 aromatic heterocycles. The Morgan fingerprint density at radius 3 is 2.68 bits per heavy atom. The van der Waals surface area contributed by atoms with Crippen molar-refractivity contribution in [2.24, 2.45) is 0 Å². The van der Waals surface area contributed by atoms with Crippen molar-refractivity contribution in [1.29, 1.82) is 0 Å². The average Bonchev–Trinajstić information content (AvgIpc) is 2.81. The van der Waals surface area contributed by atoms with Gasteiger partial charge in [-0.15, -0.1) is 0 Å². The molecule has 0 bridgehead atoms. The molecule has 1 amide bonds. The fourth-order valence-electron chi connectivity index (χ4n) is 1.74. The Morgan fingerprint density at radius 1 is 1.36 bits per heavy atom. The number of aromatic nitrogens is 3. The van der Waals surface area contributed by atoms with Gasteiger partial charge in [-0.3, -0.25) is 10.2 Å². The van der Waals surface area contributed by atoms with Crippen molar-refractivity contribution in [3.05, 3.63) is 63.9 Å². The smallest absolute Gasteiger partial charge is 0.362 e. The zero-order chi connectivity index (χ0) is 16.1. The third-order valence-corrected chi connectivity index (χ3v) is 2.85. The van der Waals surface area contributed by atoms with Gasteiger partial charge in [0.05, 0.1) is 0 Å². The number of hydrogen-bond donors (Lipinski definition) is 3. The van der Waals surface area contributed by atoms with E-state index in [9.17, 15) is 14.4 Å². The molecule has 1 aromatic carbocycles. The van der Waals surface area contributed by atoms with Gasteiger partial charge in [-0.2, -0.15) is 9.77 Å². The lowest BCUT2D eigenvalue weighted by molar-refractivity contribution is -0.132. The molecule has 8 heteroatoms. The highest BCUT2D eigenvalue weighted by atomic mass is 16.4. The van der Waals surface area contributed by atoms with Gasteiger partial charge in [-0.05, 0) is 12.5 Å². The molecular formula is C14H14N4O4. The van der Waals surface area contributed by atoms with Crippen molar-refractivity contribution >= 4 is 11.9 Å². The molecule has 0 unspecified atom stereocenters. The van der Waals surface area contributed by atoms with Gasteiger partial charge in [0.2, 0.25) is 0 Å². The van der Waals surface area contributed by atoms with Crippen LogP contribution in [0, 0.1) is 0 Å². The van der Waals surface area contributed by atoms with Crippen molar-refractivity contribution < 1.29 is 14.7 Å². The van der Waals surface area contributed by atoms with Crippen LogP contribution in [0.1, 0.15) is 18.3 Å². The maximum atomic E-state index is 11.7. The molecule has 0 aliphatic heterocycles. The highest BCUT2D eigenvalue weighted by Crippen LogP contribution is 2.04. The molecular weight excluding hydrogens is 288 g/mol. The van der Waals surface area contributed by atoms with E-state index in [2.05, 4.69) is 15.6 Å². The van der Waals surface area contributed by atoms with E-state index in [0.29, 0.717) is 12.2 Å². The van der Waals surface area contributed by atoms with E-state index in [0.717, 1.165) is 16.3 Å². The van der Waals surface area contributed by atoms with Crippen LogP contribution in [0.15, 0.2) is 46.8 Å². The zero-order valence-electron chi connectivity index (χ0n) is 11.7. The van der Waals surface area contributed by atoms with E-state index in [1.54, 1.807) is 0 Å². The summed E-state index contributed by atoms with van der Waals surface area (Å²) in [5.74, 6) is -1.62. The molecule has 114 valence electrons. The average molecular weight is 302 g/mol. The summed E-state index contributed by atoms with van der Waals surface area (Å²) < 4.78 is 0.959. The minimum absolute atomic E-state index is 0.140. The van der Waals surface area contributed by atoms with Gasteiger partial charge in [-0.25, -0.2) is 14.7 Å². The number of nitrogens with one attached hydrogen (secondary N) is 2. The van der Waals surface area contributed by atoms with Gasteiger partial charge >= 0.3 is 11.7 Å². The quantitative estimate of drug-likeness (QED) is 0.685. The van der Waals surface area contributed by atoms with Crippen LogP contribution in [0.25, 0.3) is 0 Å². The number of carboxylic acids is 1. The minimum Gasteiger partial charge on any atom is -0.478 e. The molecule has 3 N–H and O–H groups in total. The number of H-pyrrole nitrogens is 1. The summed E-state index contributed by atoms with van der Waals surface area (Å²) in [5.41, 5.74) is 2.46. The first-order valence-corrected chi connectivity index (χ1v) is 6.40. The fraction of sp³-hybridized carbons (Fsp3) is 0.143. The van der Waals surface area contributed by atoms with Crippen LogP contribution >= 0.6 is 0 Å². The van der Waals surface area contributed by atoms with Crippen molar-refractivity contribution in [2.75, 3.05) is 5.43 Å². The van der Waals surface area contributed by atoms with Crippen LogP contribution in [-0.4, -0.2) is 31.9 Å². The summed E-state index contributed by atoms with van der Waals surface area (Å²) in [6.45, 7) is 1.28. The van der Waals surface area contributed by atoms with Gasteiger partial charge in [-0.1, -0.05) is 30.3 Å². The van der Waals surface area contributed by atoms with Crippen molar-refractivity contribution in [3.63, 3.8) is 0 Å². The third-order valence-electron chi connectivity index (χ3n) is 2.85. The topological polar surface area (TPSA) is 117 Å². The standard InChI is InChI=1S/C14H14N4O4/c1-9(13(20)21)7-12(19)17-18-11(15-16-14(18)22)8-10-5-3-2-4-6-10/h2-7H,8H2,1H3,(H,16,22)(H,17,19)(H,20,21)/b9-7-. The zero-order valence-corrected chi connectivity index (χ0v) is 11.7. The molecule has 0 saturated heterocycles. The molecule has 0 spiro atoms. The Labute approximate surface area is 125 Å². The molecule has 8 nitrogen and oxygen atoms in total. The van der Waals surface area contributed by atoms with Crippen LogP contribution in [0.3, 0.4) is 0 Å². The Morgan fingerprint density at radius 2 is 2.05 bits per heavy atom. The maximum absolute atomic E-state index is 11.7. The molecule has 2 rings (SSSR count). The number of carboxylic acid groups (broad SMARTS) is 1. The minimum atomic E-state index is -1.21. The van der Waals surface area contributed by atoms with Crippen molar-refractivity contribution in [1.82, 2.24) is 14.9 Å². The number of carbonyl (C=O) groups excluding carboxylic acids is 1. The van der Waals surface area contributed by atoms with Crippen LogP contribution in [-0.2, 0) is 16.0 Å². The van der Waals surface area contributed by atoms with Gasteiger partial charge in [0, 0.05) is 18.1 Å². The van der Waals surface area contributed by atoms with E-state index in [-0.39, 0.29) is 5.57 Å². The van der Waals surface area contributed by atoms with E-state index in [1.807, 2.05) is 30.3 Å². The maximum Gasteiger partial charge on any atom is 0.362 e. The largest absolute Gasteiger partial charge is 0.478 e. The van der Waals surface area contributed by atoms with Gasteiger partial charge in [0.15, 0.2) is 5.82 Å². The SMILES string of the molecule is C/C(=C/C(=O)Nn1c(Cc2ccccc2)n[nH]c1=O)C(=O)O. The Kier molecular flexibility index (Phi) is 4.52. The molecule has 0 radical (unpaired) electrons. The number of benzene rings is 1.